The third-order valence-corrected chi connectivity index (χ3v) is 6.53. The van der Waals surface area contributed by atoms with Crippen molar-refractivity contribution < 1.29 is 24.2 Å². The van der Waals surface area contributed by atoms with E-state index in [0.29, 0.717) is 33.3 Å². The predicted molar refractivity (Wildman–Crippen MR) is 149 cm³/mol. The van der Waals surface area contributed by atoms with Gasteiger partial charge in [0.25, 0.3) is 0 Å². The third-order valence-electron chi connectivity index (χ3n) is 5.84. The Hall–Kier alpha value is -4.14. The lowest BCUT2D eigenvalue weighted by Crippen LogP contribution is -2.22. The Morgan fingerprint density at radius 2 is 1.66 bits per heavy atom. The molecule has 4 aromatic rings. The van der Waals surface area contributed by atoms with Crippen molar-refractivity contribution in [3.63, 3.8) is 0 Å². The highest BCUT2D eigenvalue weighted by molar-refractivity contribution is 6.32. The summed E-state index contributed by atoms with van der Waals surface area (Å²) in [5.41, 5.74) is 3.29. The fourth-order valence-corrected chi connectivity index (χ4v) is 4.42. The number of urea groups is 1. The number of benzene rings is 3. The number of anilines is 2. The van der Waals surface area contributed by atoms with Crippen molar-refractivity contribution in [1.82, 2.24) is 4.57 Å². The number of rotatable bonds is 7. The van der Waals surface area contributed by atoms with Crippen LogP contribution in [0.25, 0.3) is 16.8 Å². The van der Waals surface area contributed by atoms with Gasteiger partial charge in [0, 0.05) is 28.0 Å². The van der Waals surface area contributed by atoms with Gasteiger partial charge in [0.1, 0.15) is 5.15 Å². The molecule has 0 fully saturated rings. The van der Waals surface area contributed by atoms with Crippen LogP contribution in [0, 0.1) is 6.92 Å². The summed E-state index contributed by atoms with van der Waals surface area (Å²) in [6.07, 6.45) is 0. The monoisotopic (exact) mass is 553 g/mol. The summed E-state index contributed by atoms with van der Waals surface area (Å²) in [5.74, 6) is -0.295. The minimum absolute atomic E-state index is 0.0152. The quantitative estimate of drug-likeness (QED) is 0.208. The number of phenols is 1. The number of hydrogen-bond acceptors (Lipinski definition) is 5. The number of carbonyl (C=O) groups is 2. The maximum Gasteiger partial charge on any atom is 0.357 e. The molecule has 0 saturated heterocycles. The molecule has 0 aliphatic heterocycles. The van der Waals surface area contributed by atoms with Crippen molar-refractivity contribution in [2.45, 2.75) is 13.8 Å². The Balaban J connectivity index is 1.69. The summed E-state index contributed by atoms with van der Waals surface area (Å²) in [7, 11) is 1.48. The minimum Gasteiger partial charge on any atom is -0.504 e. The molecule has 1 heterocycles. The highest BCUT2D eigenvalue weighted by Crippen LogP contribution is 2.38. The fourth-order valence-electron chi connectivity index (χ4n) is 3.96. The maximum atomic E-state index is 13.0. The van der Waals surface area contributed by atoms with E-state index in [2.05, 4.69) is 10.6 Å². The molecule has 3 aromatic carbocycles. The van der Waals surface area contributed by atoms with E-state index in [-0.39, 0.29) is 28.9 Å². The molecule has 0 bridgehead atoms. The van der Waals surface area contributed by atoms with Gasteiger partial charge in [-0.05, 0) is 55.3 Å². The van der Waals surface area contributed by atoms with E-state index in [1.165, 1.54) is 17.7 Å². The summed E-state index contributed by atoms with van der Waals surface area (Å²) in [6.45, 7) is 3.59. The number of para-hydroxylation sites is 1. The van der Waals surface area contributed by atoms with Crippen molar-refractivity contribution in [2.24, 2.45) is 0 Å². The van der Waals surface area contributed by atoms with Crippen molar-refractivity contribution >= 4 is 46.6 Å². The molecule has 0 saturated carbocycles. The number of ether oxygens (including phenoxy) is 2. The summed E-state index contributed by atoms with van der Waals surface area (Å²) in [6, 6.07) is 18.3. The number of methoxy groups -OCH3 is 1. The van der Waals surface area contributed by atoms with Crippen molar-refractivity contribution in [3.05, 3.63) is 88.2 Å². The number of esters is 1. The smallest absolute Gasteiger partial charge is 0.357 e. The number of nitrogens with one attached hydrogen (secondary N) is 2. The average molecular weight is 554 g/mol. The topological polar surface area (TPSA) is 102 Å². The lowest BCUT2D eigenvalue weighted by Gasteiger charge is -2.14. The van der Waals surface area contributed by atoms with E-state index >= 15 is 0 Å². The first-order valence-electron chi connectivity index (χ1n) is 11.6. The van der Waals surface area contributed by atoms with Crippen LogP contribution in [0.15, 0.2) is 66.7 Å². The largest absolute Gasteiger partial charge is 0.504 e. The number of phenolic OH excluding ortho intramolecular Hbond substituents is 1. The van der Waals surface area contributed by atoms with Crippen LogP contribution in [-0.4, -0.2) is 35.4 Å². The molecule has 8 nitrogen and oxygen atoms in total. The van der Waals surface area contributed by atoms with Crippen LogP contribution in [0.3, 0.4) is 0 Å². The maximum absolute atomic E-state index is 13.0. The first kappa shape index (κ1) is 26.9. The van der Waals surface area contributed by atoms with Crippen LogP contribution in [0.5, 0.6) is 11.5 Å². The molecule has 0 spiro atoms. The van der Waals surface area contributed by atoms with Crippen molar-refractivity contribution in [1.29, 1.82) is 0 Å². The Morgan fingerprint density at radius 3 is 2.34 bits per heavy atom. The predicted octanol–water partition coefficient (Wildman–Crippen LogP) is 7.29. The second-order valence-electron chi connectivity index (χ2n) is 8.18. The molecule has 0 aliphatic rings. The van der Waals surface area contributed by atoms with Crippen LogP contribution in [0.4, 0.5) is 16.2 Å². The van der Waals surface area contributed by atoms with Crippen molar-refractivity contribution in [3.8, 4) is 28.3 Å². The number of nitrogens with zero attached hydrogens (tertiary/aromatic N) is 1. The lowest BCUT2D eigenvalue weighted by atomic mass is 10.0. The van der Waals surface area contributed by atoms with Crippen LogP contribution in [0.2, 0.25) is 10.2 Å². The van der Waals surface area contributed by atoms with E-state index in [1.807, 2.05) is 0 Å². The van der Waals surface area contributed by atoms with Crippen LogP contribution >= 0.6 is 23.2 Å². The molecule has 2 amide bonds. The fraction of sp³-hybridized carbons (Fsp3) is 0.143. The highest BCUT2D eigenvalue weighted by Gasteiger charge is 2.25. The third kappa shape index (κ3) is 5.41. The molecule has 38 heavy (non-hydrogen) atoms. The molecule has 3 N–H and O–H groups in total. The number of hydrogen-bond donors (Lipinski definition) is 3. The van der Waals surface area contributed by atoms with E-state index in [4.69, 9.17) is 32.7 Å². The van der Waals surface area contributed by atoms with Crippen LogP contribution in [-0.2, 0) is 4.74 Å². The number of carbonyl (C=O) groups excluding carboxylic acids is 2. The minimum atomic E-state index is -0.664. The van der Waals surface area contributed by atoms with Crippen molar-refractivity contribution in [2.75, 3.05) is 24.4 Å². The SMILES string of the molecule is CCOC(=O)c1c(NC(=O)Nc2cccc(Cl)c2C)cc(Cl)n1-c1ccc(-c2cccc(OC)c2O)cc1. The summed E-state index contributed by atoms with van der Waals surface area (Å²) >= 11 is 12.7. The lowest BCUT2D eigenvalue weighted by molar-refractivity contribution is 0.0518. The van der Waals surface area contributed by atoms with Gasteiger partial charge >= 0.3 is 12.0 Å². The normalized spacial score (nSPS) is 10.7. The van der Waals surface area contributed by atoms with E-state index in [9.17, 15) is 14.7 Å². The molecule has 0 atom stereocenters. The first-order chi connectivity index (χ1) is 18.2. The van der Waals surface area contributed by atoms with E-state index in [1.54, 1.807) is 74.5 Å². The number of halogens is 2. The number of aromatic hydroxyl groups is 1. The second kappa shape index (κ2) is 11.5. The van der Waals surface area contributed by atoms with Gasteiger partial charge in [-0.15, -0.1) is 0 Å². The first-order valence-corrected chi connectivity index (χ1v) is 12.4. The molecule has 1 aromatic heterocycles. The number of amides is 2. The number of aromatic nitrogens is 1. The van der Waals surface area contributed by atoms with E-state index < -0.39 is 12.0 Å². The van der Waals surface area contributed by atoms with Gasteiger partial charge in [-0.3, -0.25) is 4.57 Å². The summed E-state index contributed by atoms with van der Waals surface area (Å²) in [4.78, 5) is 25.8. The van der Waals surface area contributed by atoms with Crippen LogP contribution in [0.1, 0.15) is 23.0 Å². The Labute approximate surface area is 229 Å². The Kier molecular flexibility index (Phi) is 8.14. The molecule has 0 radical (unpaired) electrons. The van der Waals surface area contributed by atoms with Gasteiger partial charge in [0.15, 0.2) is 17.2 Å². The van der Waals surface area contributed by atoms with Gasteiger partial charge < -0.3 is 25.2 Å². The van der Waals surface area contributed by atoms with Gasteiger partial charge in [-0.2, -0.15) is 0 Å². The molecular weight excluding hydrogens is 529 g/mol. The average Bonchev–Trinajstić information content (AvgIpc) is 3.22. The van der Waals surface area contributed by atoms with E-state index in [0.717, 1.165) is 5.56 Å². The molecule has 4 rings (SSSR count). The zero-order valence-corrected chi connectivity index (χ0v) is 22.4. The summed E-state index contributed by atoms with van der Waals surface area (Å²) in [5, 5.41) is 16.6. The van der Waals surface area contributed by atoms with Gasteiger partial charge in [-0.25, -0.2) is 9.59 Å². The highest BCUT2D eigenvalue weighted by atomic mass is 35.5. The molecule has 10 heteroatoms. The standard InChI is InChI=1S/C28H25Cl2N3O5/c1-4-38-27(35)25-22(32-28(36)31-21-9-6-8-20(29)16(21)2)15-24(30)33(25)18-13-11-17(12-14-18)19-7-5-10-23(37-3)26(19)34/h5-15,34H,4H2,1-3H3,(H2,31,32,36). The van der Waals surface area contributed by atoms with Gasteiger partial charge in [-0.1, -0.05) is 53.5 Å². The Bertz CT molecular complexity index is 1500. The molecule has 0 aliphatic carbocycles. The van der Waals surface area contributed by atoms with Gasteiger partial charge in [0.05, 0.1) is 19.4 Å². The van der Waals surface area contributed by atoms with Gasteiger partial charge in [0.2, 0.25) is 0 Å². The zero-order chi connectivity index (χ0) is 27.4. The molecular formula is C28H25Cl2N3O5. The molecule has 196 valence electrons. The Morgan fingerprint density at radius 1 is 0.974 bits per heavy atom. The van der Waals surface area contributed by atoms with Crippen LogP contribution < -0.4 is 15.4 Å². The zero-order valence-electron chi connectivity index (χ0n) is 20.8. The summed E-state index contributed by atoms with van der Waals surface area (Å²) < 4.78 is 11.9. The second-order valence-corrected chi connectivity index (χ2v) is 8.97. The molecule has 0 unspecified atom stereocenters.